The van der Waals surface area contributed by atoms with Crippen LogP contribution in [-0.2, 0) is 9.53 Å². The monoisotopic (exact) mass is 513 g/mol. The Bertz CT molecular complexity index is 991. The number of aliphatic hydroxyl groups is 1. The van der Waals surface area contributed by atoms with Gasteiger partial charge in [0, 0.05) is 5.41 Å². The average molecular weight is 514 g/mol. The van der Waals surface area contributed by atoms with Crippen LogP contribution in [0, 0.1) is 56.7 Å². The highest BCUT2D eigenvalue weighted by Gasteiger charge is 2.72. The predicted octanol–water partition coefficient (Wildman–Crippen LogP) is 7.01. The Morgan fingerprint density at radius 2 is 1.73 bits per heavy atom. The number of rotatable bonds is 4. The number of hydrogen-bond donors (Lipinski definition) is 2. The van der Waals surface area contributed by atoms with E-state index in [9.17, 15) is 15.1 Å². The van der Waals surface area contributed by atoms with Crippen LogP contribution < -0.4 is 0 Å². The van der Waals surface area contributed by atoms with Crippen molar-refractivity contribution in [2.45, 2.75) is 106 Å². The lowest BCUT2D eigenvalue weighted by atomic mass is 9.32. The number of carbonyl (C=O) groups is 1. The zero-order chi connectivity index (χ0) is 27.0. The number of carbonyl (C=O) groups excluding carboxylic acids is 1. The van der Waals surface area contributed by atoms with Crippen molar-refractivity contribution >= 4 is 11.7 Å². The molecule has 5 aliphatic rings. The summed E-state index contributed by atoms with van der Waals surface area (Å²) in [5.41, 5.74) is 1.66. The molecule has 5 fully saturated rings. The maximum Gasteiger partial charge on any atom is 0.312 e. The first-order valence-corrected chi connectivity index (χ1v) is 15.0. The molecule has 0 aromatic heterocycles. The molecule has 0 spiro atoms. The Morgan fingerprint density at radius 1 is 1.00 bits per heavy atom. The summed E-state index contributed by atoms with van der Waals surface area (Å²) in [7, 11) is 0. The minimum absolute atomic E-state index is 0.0421. The van der Waals surface area contributed by atoms with Gasteiger partial charge in [-0.25, -0.2) is 0 Å². The van der Waals surface area contributed by atoms with Crippen molar-refractivity contribution in [2.24, 2.45) is 61.8 Å². The predicted molar refractivity (Wildman–Crippen MR) is 146 cm³/mol. The molecule has 0 bridgehead atoms. The van der Waals surface area contributed by atoms with Crippen molar-refractivity contribution in [3.8, 4) is 0 Å². The molecule has 37 heavy (non-hydrogen) atoms. The highest BCUT2D eigenvalue weighted by atomic mass is 16.5. The largest absolute Gasteiger partial charge is 0.466 e. The molecule has 5 rings (SSSR count). The molecule has 5 nitrogen and oxygen atoms in total. The van der Waals surface area contributed by atoms with Gasteiger partial charge in [0.05, 0.1) is 24.3 Å². The topological polar surface area (TPSA) is 79.1 Å². The summed E-state index contributed by atoms with van der Waals surface area (Å²) in [4.78, 5) is 13.6. The average Bonchev–Trinajstić information content (AvgIpc) is 3.26. The number of ether oxygens (including phenoxy) is 1. The molecule has 0 saturated heterocycles. The first-order valence-electron chi connectivity index (χ1n) is 15.0. The van der Waals surface area contributed by atoms with Gasteiger partial charge < -0.3 is 15.1 Å². The fourth-order valence-corrected chi connectivity index (χ4v) is 11.8. The lowest BCUT2D eigenvalue weighted by molar-refractivity contribution is -0.233. The lowest BCUT2D eigenvalue weighted by Gasteiger charge is -2.72. The summed E-state index contributed by atoms with van der Waals surface area (Å²) in [5.74, 6) is 2.16. The molecule has 208 valence electrons. The Balaban J connectivity index is 1.56. The minimum atomic E-state index is -0.455. The molecule has 0 aliphatic heterocycles. The molecule has 0 radical (unpaired) electrons. The molecule has 5 heteroatoms. The smallest absolute Gasteiger partial charge is 0.312 e. The van der Waals surface area contributed by atoms with Crippen LogP contribution in [0.5, 0.6) is 0 Å². The van der Waals surface area contributed by atoms with Crippen molar-refractivity contribution < 1.29 is 19.8 Å². The lowest BCUT2D eigenvalue weighted by Crippen LogP contribution is -2.67. The van der Waals surface area contributed by atoms with Gasteiger partial charge in [0.25, 0.3) is 0 Å². The zero-order valence-electron chi connectivity index (χ0n) is 24.2. The van der Waals surface area contributed by atoms with E-state index in [1.807, 2.05) is 6.92 Å². The number of hydrogen-bond acceptors (Lipinski definition) is 5. The van der Waals surface area contributed by atoms with E-state index in [-0.39, 0.29) is 34.2 Å². The van der Waals surface area contributed by atoms with Crippen molar-refractivity contribution in [3.05, 3.63) is 12.2 Å². The summed E-state index contributed by atoms with van der Waals surface area (Å²) in [6, 6.07) is 0. The Labute approximate surface area is 224 Å². The van der Waals surface area contributed by atoms with Crippen LogP contribution in [0.1, 0.15) is 106 Å². The van der Waals surface area contributed by atoms with E-state index in [1.165, 1.54) is 12.0 Å². The number of nitrogens with zero attached hydrogens (tertiary/aromatic N) is 1. The number of aliphatic hydroxyl groups excluding tert-OH is 1. The Morgan fingerprint density at radius 3 is 2.35 bits per heavy atom. The van der Waals surface area contributed by atoms with E-state index < -0.39 is 5.41 Å². The first kappa shape index (κ1) is 27.2. The molecule has 4 unspecified atom stereocenters. The highest BCUT2D eigenvalue weighted by Crippen LogP contribution is 2.77. The van der Waals surface area contributed by atoms with E-state index in [4.69, 9.17) is 4.74 Å². The maximum atomic E-state index is 13.6. The third kappa shape index (κ3) is 3.31. The van der Waals surface area contributed by atoms with Crippen LogP contribution in [0.25, 0.3) is 0 Å². The van der Waals surface area contributed by atoms with E-state index in [2.05, 4.69) is 46.4 Å². The second-order valence-electron chi connectivity index (χ2n) is 14.7. The molecule has 5 aliphatic carbocycles. The summed E-state index contributed by atoms with van der Waals surface area (Å²) < 4.78 is 5.78. The van der Waals surface area contributed by atoms with Gasteiger partial charge in [0.15, 0.2) is 0 Å². The molecule has 0 aromatic carbocycles. The third-order valence-electron chi connectivity index (χ3n) is 13.8. The second-order valence-corrected chi connectivity index (χ2v) is 14.7. The van der Waals surface area contributed by atoms with Gasteiger partial charge in [-0.2, -0.15) is 0 Å². The zero-order valence-corrected chi connectivity index (χ0v) is 24.2. The summed E-state index contributed by atoms with van der Waals surface area (Å²) in [6.45, 7) is 18.8. The van der Waals surface area contributed by atoms with Gasteiger partial charge in [-0.05, 0) is 124 Å². The molecule has 0 amide bonds. The van der Waals surface area contributed by atoms with Crippen LogP contribution in [0.2, 0.25) is 0 Å². The van der Waals surface area contributed by atoms with Crippen LogP contribution in [0.4, 0.5) is 0 Å². The number of allylic oxidation sites excluding steroid dienone is 1. The van der Waals surface area contributed by atoms with Gasteiger partial charge in [-0.1, -0.05) is 45.0 Å². The fraction of sp³-hybridized carbons (Fsp3) is 0.875. The maximum absolute atomic E-state index is 13.6. The van der Waals surface area contributed by atoms with Crippen molar-refractivity contribution in [1.82, 2.24) is 0 Å². The van der Waals surface area contributed by atoms with E-state index >= 15 is 0 Å². The number of oxime groups is 1. The molecular formula is C32H51NO4. The third-order valence-corrected chi connectivity index (χ3v) is 13.8. The fourth-order valence-electron chi connectivity index (χ4n) is 11.8. The second kappa shape index (κ2) is 8.83. The van der Waals surface area contributed by atoms with Crippen molar-refractivity contribution in [1.29, 1.82) is 0 Å². The van der Waals surface area contributed by atoms with Gasteiger partial charge in [-0.3, -0.25) is 4.79 Å². The van der Waals surface area contributed by atoms with E-state index in [0.717, 1.165) is 63.5 Å². The molecule has 2 N–H and O–H groups in total. The van der Waals surface area contributed by atoms with Crippen LogP contribution >= 0.6 is 0 Å². The SMILES string of the molecule is C=C(C)[C@@H]1CC[C@]2(C(=O)OCC)CC[C@]3(C)C(CCC4[C@@]5(C)CC/C(=N\O)[C@@](C)(CO)C5CC[C@]43C)C12. The normalized spacial score (nSPS) is 52.0. The van der Waals surface area contributed by atoms with Crippen molar-refractivity contribution in [3.63, 3.8) is 0 Å². The molecule has 5 saturated carbocycles. The van der Waals surface area contributed by atoms with Gasteiger partial charge in [0.2, 0.25) is 0 Å². The molecule has 0 heterocycles. The molecule has 0 aromatic rings. The van der Waals surface area contributed by atoms with Crippen molar-refractivity contribution in [2.75, 3.05) is 13.2 Å². The van der Waals surface area contributed by atoms with Gasteiger partial charge >= 0.3 is 5.97 Å². The van der Waals surface area contributed by atoms with Crippen LogP contribution in [0.3, 0.4) is 0 Å². The number of esters is 1. The standard InChI is InChI=1S/C32H51NO4/c1-8-37-27(35)32-16-11-21(20(2)3)26(32)22-9-10-24-28(4)14-13-25(33-36)29(5,19-34)23(28)12-15-31(24,7)30(22,6)17-18-32/h21-24,26,34,36H,2,8-19H2,1,3-7H3/b33-25+/t21-,22?,23?,24?,26?,28-,29-,30+,31+,32-/m0/s1. The minimum Gasteiger partial charge on any atom is -0.466 e. The molecular weight excluding hydrogens is 462 g/mol. The highest BCUT2D eigenvalue weighted by molar-refractivity contribution is 5.91. The summed E-state index contributed by atoms with van der Waals surface area (Å²) >= 11 is 0. The number of fused-ring (bicyclic) bond motifs is 7. The first-order chi connectivity index (χ1) is 17.4. The van der Waals surface area contributed by atoms with E-state index in [0.29, 0.717) is 36.2 Å². The summed E-state index contributed by atoms with van der Waals surface area (Å²) in [5, 5.41) is 24.1. The summed E-state index contributed by atoms with van der Waals surface area (Å²) in [6.07, 6.45) is 10.3. The van der Waals surface area contributed by atoms with Gasteiger partial charge in [0.1, 0.15) is 0 Å². The van der Waals surface area contributed by atoms with Crippen LogP contribution in [-0.4, -0.2) is 35.2 Å². The van der Waals surface area contributed by atoms with Gasteiger partial charge in [-0.15, -0.1) is 0 Å². The molecule has 10 atom stereocenters. The van der Waals surface area contributed by atoms with E-state index in [1.54, 1.807) is 0 Å². The quantitative estimate of drug-likeness (QED) is 0.183. The Kier molecular flexibility index (Phi) is 6.49. The van der Waals surface area contributed by atoms with Crippen LogP contribution in [0.15, 0.2) is 17.3 Å². The Hall–Kier alpha value is -1.36.